The number of benzene rings is 1. The molecule has 5 aromatic heterocycles. The standard InChI is InChI=1S/C27H21FN8O/c1-2-3-22(37)32-18-10-17(13-30-14-18)16-11-19-24(20(28)12-16)35-36-25(19)27-33-21-6-9-31-23(26(21)34-27)15-4-7-29-8-5-15/h4-14H,2-3H2,1H3,(H,32,37)(H,33,34)(H,35,36). The normalized spacial score (nSPS) is 11.3. The largest absolute Gasteiger partial charge is 0.337 e. The van der Waals surface area contributed by atoms with Gasteiger partial charge in [-0.2, -0.15) is 5.10 Å². The number of rotatable bonds is 6. The summed E-state index contributed by atoms with van der Waals surface area (Å²) in [7, 11) is 0. The zero-order valence-corrected chi connectivity index (χ0v) is 19.8. The third kappa shape index (κ3) is 4.18. The lowest BCUT2D eigenvalue weighted by molar-refractivity contribution is -0.116. The first-order chi connectivity index (χ1) is 18.1. The van der Waals surface area contributed by atoms with Gasteiger partial charge < -0.3 is 10.3 Å². The maximum Gasteiger partial charge on any atom is 0.224 e. The smallest absolute Gasteiger partial charge is 0.224 e. The predicted octanol–water partition coefficient (Wildman–Crippen LogP) is 5.50. The van der Waals surface area contributed by atoms with Gasteiger partial charge in [0.15, 0.2) is 11.6 Å². The Labute approximate surface area is 210 Å². The van der Waals surface area contributed by atoms with Crippen LogP contribution in [-0.2, 0) is 4.79 Å². The highest BCUT2D eigenvalue weighted by Gasteiger charge is 2.18. The van der Waals surface area contributed by atoms with E-state index < -0.39 is 5.82 Å². The summed E-state index contributed by atoms with van der Waals surface area (Å²) in [6.07, 6.45) is 9.47. The molecule has 0 aliphatic heterocycles. The van der Waals surface area contributed by atoms with Gasteiger partial charge in [-0.1, -0.05) is 6.92 Å². The molecule has 6 aromatic rings. The molecule has 3 N–H and O–H groups in total. The molecule has 10 heteroatoms. The van der Waals surface area contributed by atoms with Gasteiger partial charge in [-0.3, -0.25) is 24.8 Å². The molecule has 1 aromatic carbocycles. The Bertz CT molecular complexity index is 1760. The Morgan fingerprint density at radius 2 is 1.84 bits per heavy atom. The minimum atomic E-state index is -0.481. The highest BCUT2D eigenvalue weighted by atomic mass is 19.1. The number of carbonyl (C=O) groups is 1. The van der Waals surface area contributed by atoms with Crippen LogP contribution in [0.15, 0.2) is 67.4 Å². The van der Waals surface area contributed by atoms with Crippen molar-refractivity contribution in [3.05, 3.63) is 73.2 Å². The lowest BCUT2D eigenvalue weighted by Crippen LogP contribution is -2.10. The minimum Gasteiger partial charge on any atom is -0.337 e. The van der Waals surface area contributed by atoms with Gasteiger partial charge >= 0.3 is 0 Å². The molecule has 0 aliphatic rings. The SMILES string of the molecule is CCCC(=O)Nc1cncc(-c2cc(F)c3n[nH]c(-c4nc5c(-c6ccncc6)nccc5[nH]4)c3c2)c1. The van der Waals surface area contributed by atoms with Crippen LogP contribution in [-0.4, -0.2) is 41.0 Å². The van der Waals surface area contributed by atoms with Crippen molar-refractivity contribution < 1.29 is 9.18 Å². The molecular weight excluding hydrogens is 471 g/mol. The first-order valence-electron chi connectivity index (χ1n) is 11.8. The number of H-pyrrole nitrogens is 2. The number of aromatic nitrogens is 7. The summed E-state index contributed by atoms with van der Waals surface area (Å²) >= 11 is 0. The number of hydrogen-bond acceptors (Lipinski definition) is 6. The van der Waals surface area contributed by atoms with E-state index in [1.807, 2.05) is 31.2 Å². The average Bonchev–Trinajstić information content (AvgIpc) is 3.54. The molecule has 0 aliphatic carbocycles. The van der Waals surface area contributed by atoms with Gasteiger partial charge in [0.1, 0.15) is 16.7 Å². The number of anilines is 1. The van der Waals surface area contributed by atoms with Crippen molar-refractivity contribution >= 4 is 33.5 Å². The van der Waals surface area contributed by atoms with Crippen LogP contribution in [0, 0.1) is 5.82 Å². The number of amides is 1. The number of nitrogens with zero attached hydrogens (tertiary/aromatic N) is 5. The molecule has 0 unspecified atom stereocenters. The molecule has 6 rings (SSSR count). The Balaban J connectivity index is 1.43. The van der Waals surface area contributed by atoms with Crippen molar-refractivity contribution in [2.45, 2.75) is 19.8 Å². The molecule has 0 atom stereocenters. The van der Waals surface area contributed by atoms with E-state index in [2.05, 4.69) is 35.5 Å². The summed E-state index contributed by atoms with van der Waals surface area (Å²) in [5.74, 6) is -0.0625. The van der Waals surface area contributed by atoms with Gasteiger partial charge in [-0.15, -0.1) is 0 Å². The fraction of sp³-hybridized carbons (Fsp3) is 0.111. The average molecular weight is 493 g/mol. The van der Waals surface area contributed by atoms with E-state index in [1.165, 1.54) is 6.07 Å². The van der Waals surface area contributed by atoms with Crippen molar-refractivity contribution in [2.24, 2.45) is 0 Å². The Morgan fingerprint density at radius 3 is 2.68 bits per heavy atom. The molecule has 0 radical (unpaired) electrons. The summed E-state index contributed by atoms with van der Waals surface area (Å²) in [4.78, 5) is 32.9. The molecule has 37 heavy (non-hydrogen) atoms. The summed E-state index contributed by atoms with van der Waals surface area (Å²) in [6, 6.07) is 10.6. The molecule has 0 saturated carbocycles. The van der Waals surface area contributed by atoms with Crippen LogP contribution in [0.25, 0.3) is 55.8 Å². The second-order valence-corrected chi connectivity index (χ2v) is 8.59. The van der Waals surface area contributed by atoms with E-state index in [-0.39, 0.29) is 11.4 Å². The number of carbonyl (C=O) groups excluding carboxylic acids is 1. The highest BCUT2D eigenvalue weighted by molar-refractivity contribution is 5.98. The van der Waals surface area contributed by atoms with E-state index in [0.29, 0.717) is 51.4 Å². The topological polar surface area (TPSA) is 125 Å². The van der Waals surface area contributed by atoms with E-state index in [0.717, 1.165) is 17.5 Å². The number of nitrogens with one attached hydrogen (secondary N) is 3. The van der Waals surface area contributed by atoms with E-state index in [4.69, 9.17) is 4.98 Å². The number of pyridine rings is 3. The first kappa shape index (κ1) is 22.5. The van der Waals surface area contributed by atoms with E-state index in [9.17, 15) is 4.79 Å². The van der Waals surface area contributed by atoms with Gasteiger partial charge in [0.05, 0.1) is 23.1 Å². The van der Waals surface area contributed by atoms with Gasteiger partial charge in [0, 0.05) is 47.7 Å². The molecule has 1 amide bonds. The second kappa shape index (κ2) is 9.23. The van der Waals surface area contributed by atoms with Crippen molar-refractivity contribution in [2.75, 3.05) is 5.32 Å². The summed E-state index contributed by atoms with van der Waals surface area (Å²) < 4.78 is 15.1. The zero-order valence-electron chi connectivity index (χ0n) is 19.8. The number of halogens is 1. The molecule has 0 bridgehead atoms. The molecule has 0 fully saturated rings. The number of imidazole rings is 1. The number of fused-ring (bicyclic) bond motifs is 2. The van der Waals surface area contributed by atoms with Crippen molar-refractivity contribution in [1.82, 2.24) is 35.1 Å². The second-order valence-electron chi connectivity index (χ2n) is 8.59. The van der Waals surface area contributed by atoms with Crippen LogP contribution in [0.3, 0.4) is 0 Å². The maximum atomic E-state index is 15.1. The molecular formula is C27H21FN8O. The summed E-state index contributed by atoms with van der Waals surface area (Å²) in [5.41, 5.74) is 5.64. The number of aromatic amines is 2. The van der Waals surface area contributed by atoms with Crippen molar-refractivity contribution in [3.8, 4) is 33.9 Å². The van der Waals surface area contributed by atoms with Gasteiger partial charge in [-0.05, 0) is 48.4 Å². The van der Waals surface area contributed by atoms with Gasteiger partial charge in [0.2, 0.25) is 5.91 Å². The van der Waals surface area contributed by atoms with Gasteiger partial charge in [-0.25, -0.2) is 9.37 Å². The first-order valence-corrected chi connectivity index (χ1v) is 11.8. The third-order valence-corrected chi connectivity index (χ3v) is 6.04. The summed E-state index contributed by atoms with van der Waals surface area (Å²) in [6.45, 7) is 1.94. The minimum absolute atomic E-state index is 0.0919. The quantitative estimate of drug-likeness (QED) is 0.282. The monoisotopic (exact) mass is 492 g/mol. The zero-order chi connectivity index (χ0) is 25.4. The van der Waals surface area contributed by atoms with Gasteiger partial charge in [0.25, 0.3) is 0 Å². The lowest BCUT2D eigenvalue weighted by atomic mass is 10.0. The van der Waals surface area contributed by atoms with Crippen molar-refractivity contribution in [3.63, 3.8) is 0 Å². The molecule has 9 nitrogen and oxygen atoms in total. The Hall–Kier alpha value is -4.99. The fourth-order valence-corrected chi connectivity index (χ4v) is 4.31. The van der Waals surface area contributed by atoms with Crippen LogP contribution in [0.2, 0.25) is 0 Å². The highest BCUT2D eigenvalue weighted by Crippen LogP contribution is 2.34. The Kier molecular flexibility index (Phi) is 5.61. The third-order valence-electron chi connectivity index (χ3n) is 6.04. The van der Waals surface area contributed by atoms with Crippen LogP contribution < -0.4 is 5.32 Å². The molecule has 182 valence electrons. The van der Waals surface area contributed by atoms with E-state index >= 15 is 4.39 Å². The maximum absolute atomic E-state index is 15.1. The molecule has 0 saturated heterocycles. The van der Waals surface area contributed by atoms with Crippen LogP contribution in [0.5, 0.6) is 0 Å². The number of hydrogen-bond donors (Lipinski definition) is 3. The van der Waals surface area contributed by atoms with Crippen molar-refractivity contribution in [1.29, 1.82) is 0 Å². The fourth-order valence-electron chi connectivity index (χ4n) is 4.31. The van der Waals surface area contributed by atoms with Crippen LogP contribution in [0.4, 0.5) is 10.1 Å². The lowest BCUT2D eigenvalue weighted by Gasteiger charge is -2.07. The molecule has 0 spiro atoms. The van der Waals surface area contributed by atoms with E-state index in [1.54, 1.807) is 37.1 Å². The predicted molar refractivity (Wildman–Crippen MR) is 139 cm³/mol. The molecule has 5 heterocycles. The summed E-state index contributed by atoms with van der Waals surface area (Å²) in [5, 5.41) is 10.5. The van der Waals surface area contributed by atoms with Crippen LogP contribution >= 0.6 is 0 Å². The van der Waals surface area contributed by atoms with Crippen LogP contribution in [0.1, 0.15) is 19.8 Å². The Morgan fingerprint density at radius 1 is 0.973 bits per heavy atom.